The second kappa shape index (κ2) is 5.28. The molecule has 2 heterocycles. The SMILES string of the molecule is CC.CC(C)(C)C1C2CN(c3ccc4scnc4c3)CC21. The molecular weight excluding hydrogens is 276 g/mol. The van der Waals surface area contributed by atoms with Crippen LogP contribution < -0.4 is 4.90 Å². The number of nitrogens with zero attached hydrogens (tertiary/aromatic N) is 2. The van der Waals surface area contributed by atoms with Gasteiger partial charge in [-0.3, -0.25) is 0 Å². The smallest absolute Gasteiger partial charge is 0.0832 e. The number of fused-ring (bicyclic) bond motifs is 2. The molecule has 2 fully saturated rings. The maximum atomic E-state index is 4.43. The van der Waals surface area contributed by atoms with Gasteiger partial charge in [-0.05, 0) is 41.4 Å². The normalized spacial score (nSPS) is 27.3. The van der Waals surface area contributed by atoms with E-state index in [1.807, 2.05) is 19.4 Å². The molecular formula is C18H26N2S. The van der Waals surface area contributed by atoms with Crippen molar-refractivity contribution in [2.24, 2.45) is 23.2 Å². The molecule has 2 nitrogen and oxygen atoms in total. The Hall–Kier alpha value is -1.09. The molecule has 114 valence electrons. The van der Waals surface area contributed by atoms with Crippen LogP contribution in [0.25, 0.3) is 10.2 Å². The average molecular weight is 302 g/mol. The van der Waals surface area contributed by atoms with Crippen LogP contribution in [0.3, 0.4) is 0 Å². The van der Waals surface area contributed by atoms with E-state index in [0.29, 0.717) is 5.41 Å². The number of hydrogen-bond donors (Lipinski definition) is 0. The summed E-state index contributed by atoms with van der Waals surface area (Å²) in [7, 11) is 0. The zero-order valence-electron chi connectivity index (χ0n) is 13.8. The Morgan fingerprint density at radius 1 is 1.14 bits per heavy atom. The fourth-order valence-electron chi connectivity index (χ4n) is 4.06. The Balaban J connectivity index is 0.000000636. The van der Waals surface area contributed by atoms with Gasteiger partial charge in [-0.2, -0.15) is 0 Å². The summed E-state index contributed by atoms with van der Waals surface area (Å²) < 4.78 is 1.29. The van der Waals surface area contributed by atoms with E-state index >= 15 is 0 Å². The third kappa shape index (κ3) is 2.57. The minimum absolute atomic E-state index is 0.486. The van der Waals surface area contributed by atoms with E-state index in [4.69, 9.17) is 0 Å². The molecule has 1 saturated carbocycles. The van der Waals surface area contributed by atoms with E-state index in [1.54, 1.807) is 11.3 Å². The van der Waals surface area contributed by atoms with Crippen LogP contribution in [0, 0.1) is 23.2 Å². The van der Waals surface area contributed by atoms with Crippen LogP contribution in [0.2, 0.25) is 0 Å². The molecule has 1 aromatic heterocycles. The van der Waals surface area contributed by atoms with Crippen molar-refractivity contribution in [1.29, 1.82) is 0 Å². The van der Waals surface area contributed by atoms with Crippen molar-refractivity contribution in [3.8, 4) is 0 Å². The first-order valence-corrected chi connectivity index (χ1v) is 9.00. The highest BCUT2D eigenvalue weighted by atomic mass is 32.1. The van der Waals surface area contributed by atoms with Crippen LogP contribution in [0.15, 0.2) is 23.7 Å². The van der Waals surface area contributed by atoms with E-state index < -0.39 is 0 Å². The third-order valence-electron chi connectivity index (χ3n) is 4.87. The molecule has 3 heteroatoms. The number of rotatable bonds is 1. The predicted molar refractivity (Wildman–Crippen MR) is 93.1 cm³/mol. The van der Waals surface area contributed by atoms with Crippen LogP contribution >= 0.6 is 11.3 Å². The summed E-state index contributed by atoms with van der Waals surface area (Å²) in [6.07, 6.45) is 0. The molecule has 2 aliphatic rings. The second-order valence-electron chi connectivity index (χ2n) is 7.13. The Morgan fingerprint density at radius 2 is 1.81 bits per heavy atom. The van der Waals surface area contributed by atoms with Gasteiger partial charge < -0.3 is 4.90 Å². The first kappa shape index (κ1) is 14.8. The molecule has 2 atom stereocenters. The molecule has 4 rings (SSSR count). The molecule has 1 aromatic carbocycles. The molecule has 1 aliphatic carbocycles. The third-order valence-corrected chi connectivity index (χ3v) is 5.68. The van der Waals surface area contributed by atoms with E-state index in [2.05, 4.69) is 48.9 Å². The minimum Gasteiger partial charge on any atom is -0.371 e. The van der Waals surface area contributed by atoms with Crippen LogP contribution in [0.4, 0.5) is 5.69 Å². The highest BCUT2D eigenvalue weighted by Crippen LogP contribution is 2.60. The Kier molecular flexibility index (Phi) is 3.73. The molecule has 1 saturated heterocycles. The highest BCUT2D eigenvalue weighted by molar-refractivity contribution is 7.16. The zero-order chi connectivity index (χ0) is 15.2. The van der Waals surface area contributed by atoms with Gasteiger partial charge >= 0.3 is 0 Å². The number of hydrogen-bond acceptors (Lipinski definition) is 3. The Labute approximate surface area is 132 Å². The van der Waals surface area contributed by atoms with Crippen LogP contribution in [0.1, 0.15) is 34.6 Å². The van der Waals surface area contributed by atoms with Crippen molar-refractivity contribution in [2.45, 2.75) is 34.6 Å². The topological polar surface area (TPSA) is 16.1 Å². The lowest BCUT2D eigenvalue weighted by molar-refractivity contribution is 0.309. The lowest BCUT2D eigenvalue weighted by atomic mass is 9.87. The largest absolute Gasteiger partial charge is 0.371 e. The predicted octanol–water partition coefficient (Wildman–Crippen LogP) is 5.05. The summed E-state index contributed by atoms with van der Waals surface area (Å²) in [6, 6.07) is 6.73. The molecule has 0 amide bonds. The van der Waals surface area contributed by atoms with E-state index in [-0.39, 0.29) is 0 Å². The summed E-state index contributed by atoms with van der Waals surface area (Å²) in [4.78, 5) is 6.98. The molecule has 1 aliphatic heterocycles. The average Bonchev–Trinajstić information content (AvgIpc) is 2.84. The Bertz CT molecular complexity index is 613. The summed E-state index contributed by atoms with van der Waals surface area (Å²) in [5.74, 6) is 2.78. The van der Waals surface area contributed by atoms with Gasteiger partial charge in [0, 0.05) is 18.8 Å². The maximum absolute atomic E-state index is 4.43. The lowest BCUT2D eigenvalue weighted by Crippen LogP contribution is -2.27. The molecule has 2 unspecified atom stereocenters. The zero-order valence-corrected chi connectivity index (χ0v) is 14.6. The van der Waals surface area contributed by atoms with Gasteiger partial charge in [-0.15, -0.1) is 11.3 Å². The fraction of sp³-hybridized carbons (Fsp3) is 0.611. The first-order chi connectivity index (χ1) is 10.0. The second-order valence-corrected chi connectivity index (χ2v) is 8.02. The molecule has 21 heavy (non-hydrogen) atoms. The molecule has 0 N–H and O–H groups in total. The van der Waals surface area contributed by atoms with E-state index in [1.165, 1.54) is 23.5 Å². The van der Waals surface area contributed by atoms with Gasteiger partial charge in [0.25, 0.3) is 0 Å². The molecule has 2 aromatic rings. The summed E-state index contributed by atoms with van der Waals surface area (Å²) in [6.45, 7) is 13.6. The summed E-state index contributed by atoms with van der Waals surface area (Å²) in [5.41, 5.74) is 4.93. The Morgan fingerprint density at radius 3 is 2.43 bits per heavy atom. The van der Waals surface area contributed by atoms with E-state index in [0.717, 1.165) is 23.3 Å². The van der Waals surface area contributed by atoms with Crippen molar-refractivity contribution in [3.63, 3.8) is 0 Å². The van der Waals surface area contributed by atoms with Gasteiger partial charge in [0.05, 0.1) is 15.7 Å². The first-order valence-electron chi connectivity index (χ1n) is 8.12. The number of benzene rings is 1. The van der Waals surface area contributed by atoms with Gasteiger partial charge in [-0.1, -0.05) is 34.6 Å². The lowest BCUT2D eigenvalue weighted by Gasteiger charge is -2.27. The van der Waals surface area contributed by atoms with Crippen LogP contribution in [-0.2, 0) is 0 Å². The minimum atomic E-state index is 0.486. The number of aromatic nitrogens is 1. The monoisotopic (exact) mass is 302 g/mol. The molecule has 0 radical (unpaired) electrons. The van der Waals surface area contributed by atoms with Crippen molar-refractivity contribution in [1.82, 2.24) is 4.98 Å². The van der Waals surface area contributed by atoms with Gasteiger partial charge in [0.1, 0.15) is 0 Å². The quantitative estimate of drug-likeness (QED) is 0.732. The molecule has 0 spiro atoms. The van der Waals surface area contributed by atoms with Gasteiger partial charge in [0.2, 0.25) is 0 Å². The number of anilines is 1. The fourth-order valence-corrected chi connectivity index (χ4v) is 4.72. The van der Waals surface area contributed by atoms with E-state index in [9.17, 15) is 0 Å². The van der Waals surface area contributed by atoms with Crippen molar-refractivity contribution in [3.05, 3.63) is 23.7 Å². The summed E-state index contributed by atoms with van der Waals surface area (Å²) in [5, 5.41) is 0. The van der Waals surface area contributed by atoms with Crippen LogP contribution in [-0.4, -0.2) is 18.1 Å². The number of piperidine rings is 1. The highest BCUT2D eigenvalue weighted by Gasteiger charge is 2.59. The van der Waals surface area contributed by atoms with Gasteiger partial charge in [-0.25, -0.2) is 4.98 Å². The molecule has 0 bridgehead atoms. The standard InChI is InChI=1S/C16H20N2S.C2H6/c1-16(2,3)15-11-7-18(8-12(11)15)10-4-5-14-13(6-10)17-9-19-14;1-2/h4-6,9,11-12,15H,7-8H2,1-3H3;1-2H3. The maximum Gasteiger partial charge on any atom is 0.0832 e. The van der Waals surface area contributed by atoms with Crippen LogP contribution in [0.5, 0.6) is 0 Å². The van der Waals surface area contributed by atoms with Crippen molar-refractivity contribution < 1.29 is 0 Å². The van der Waals surface area contributed by atoms with Gasteiger partial charge in [0.15, 0.2) is 0 Å². The van der Waals surface area contributed by atoms with Crippen molar-refractivity contribution >= 4 is 27.2 Å². The number of thiazole rings is 1. The van der Waals surface area contributed by atoms with Crippen molar-refractivity contribution in [2.75, 3.05) is 18.0 Å². The summed E-state index contributed by atoms with van der Waals surface area (Å²) >= 11 is 1.72.